The molecule has 4 heterocycles. The van der Waals surface area contributed by atoms with Crippen molar-refractivity contribution in [2.75, 3.05) is 23.3 Å². The molecule has 2 amide bonds. The minimum absolute atomic E-state index is 0. The molecule has 1 saturated heterocycles. The number of anilines is 3. The molecule has 0 aliphatic carbocycles. The molecule has 8 nitrogen and oxygen atoms in total. The minimum atomic E-state index is -0.520. The molecule has 0 bridgehead atoms. The second kappa shape index (κ2) is 12.0. The Balaban J connectivity index is 0.000000211. The number of nitrogens with zero attached hydrogens (tertiary/aromatic N) is 4. The summed E-state index contributed by atoms with van der Waals surface area (Å²) in [6.45, 7) is 4.98. The topological polar surface area (TPSA) is 104 Å². The molecule has 35 heavy (non-hydrogen) atoms. The molecule has 1 aromatic carbocycles. The second-order valence-corrected chi connectivity index (χ2v) is 9.63. The van der Waals surface area contributed by atoms with E-state index >= 15 is 0 Å². The van der Waals surface area contributed by atoms with E-state index in [-0.39, 0.29) is 19.0 Å². The van der Waals surface area contributed by atoms with Crippen LogP contribution < -0.4 is 16.0 Å². The van der Waals surface area contributed by atoms with Gasteiger partial charge in [0.25, 0.3) is 5.91 Å². The van der Waals surface area contributed by atoms with Gasteiger partial charge in [-0.1, -0.05) is 42.5 Å². The van der Waals surface area contributed by atoms with E-state index in [1.165, 1.54) is 28.9 Å². The van der Waals surface area contributed by atoms with Crippen molar-refractivity contribution in [3.63, 3.8) is 0 Å². The first-order chi connectivity index (χ1) is 16.4. The Morgan fingerprint density at radius 3 is 2.49 bits per heavy atom. The van der Waals surface area contributed by atoms with Gasteiger partial charge in [0.2, 0.25) is 5.91 Å². The third-order valence-corrected chi connectivity index (χ3v) is 6.99. The lowest BCUT2D eigenvalue weighted by atomic mass is 10.1. The van der Waals surface area contributed by atoms with Gasteiger partial charge >= 0.3 is 0 Å². The standard InChI is InChI=1S/C14H17N5OS.C10H10ClNO.CH4/c15-12(20)11-13(17-10-6-2-3-7-16-10)21-14(18-11)19-8-4-1-5-9-19;1-7(13)12-5-8-2-3-10(11)4-9(8)6-12;/h2-3,6-7H,1,4-5,8-9H2,(H2,15,20)(H,16,17);2-4H,5-6H2,1H3;1H4. The highest BCUT2D eigenvalue weighted by atomic mass is 35.5. The fourth-order valence-electron chi connectivity index (χ4n) is 3.92. The predicted octanol–water partition coefficient (Wildman–Crippen LogP) is 5.21. The number of primary amides is 1. The number of fused-ring (bicyclic) bond motifs is 1. The molecule has 0 atom stereocenters. The van der Waals surface area contributed by atoms with Crippen LogP contribution in [0, 0.1) is 0 Å². The maximum Gasteiger partial charge on any atom is 0.270 e. The molecule has 186 valence electrons. The van der Waals surface area contributed by atoms with E-state index in [2.05, 4.69) is 20.2 Å². The van der Waals surface area contributed by atoms with Crippen molar-refractivity contribution in [3.05, 3.63) is 64.4 Å². The molecule has 1 fully saturated rings. The third kappa shape index (κ3) is 6.70. The van der Waals surface area contributed by atoms with Crippen molar-refractivity contribution in [1.29, 1.82) is 0 Å². The van der Waals surface area contributed by atoms with Crippen LogP contribution in [0.2, 0.25) is 5.02 Å². The van der Waals surface area contributed by atoms with Crippen molar-refractivity contribution in [2.45, 2.75) is 46.7 Å². The van der Waals surface area contributed by atoms with Crippen LogP contribution in [-0.2, 0) is 17.9 Å². The molecule has 2 aromatic heterocycles. The van der Waals surface area contributed by atoms with Crippen LogP contribution in [0.5, 0.6) is 0 Å². The Kier molecular flexibility index (Phi) is 9.06. The van der Waals surface area contributed by atoms with Crippen molar-refractivity contribution < 1.29 is 9.59 Å². The van der Waals surface area contributed by atoms with E-state index in [1.807, 2.05) is 36.4 Å². The summed E-state index contributed by atoms with van der Waals surface area (Å²) < 4.78 is 0. The first kappa shape index (κ1) is 26.4. The Labute approximate surface area is 215 Å². The molecule has 0 unspecified atom stereocenters. The van der Waals surface area contributed by atoms with Gasteiger partial charge in [-0.3, -0.25) is 9.59 Å². The first-order valence-corrected chi connectivity index (χ1v) is 12.4. The van der Waals surface area contributed by atoms with Crippen LogP contribution >= 0.6 is 22.9 Å². The quantitative estimate of drug-likeness (QED) is 0.495. The zero-order chi connectivity index (χ0) is 24.1. The van der Waals surface area contributed by atoms with Gasteiger partial charge < -0.3 is 20.9 Å². The molecular weight excluding hydrogens is 484 g/mol. The zero-order valence-electron chi connectivity index (χ0n) is 19.0. The van der Waals surface area contributed by atoms with Gasteiger partial charge in [-0.2, -0.15) is 0 Å². The Bertz CT molecular complexity index is 1160. The summed E-state index contributed by atoms with van der Waals surface area (Å²) in [5.74, 6) is 0.272. The maximum atomic E-state index is 11.6. The number of nitrogens with one attached hydrogen (secondary N) is 1. The van der Waals surface area contributed by atoms with Crippen LogP contribution in [0.3, 0.4) is 0 Å². The van der Waals surface area contributed by atoms with Gasteiger partial charge in [0, 0.05) is 44.3 Å². The summed E-state index contributed by atoms with van der Waals surface area (Å²) >= 11 is 7.30. The molecule has 3 N–H and O–H groups in total. The SMILES string of the molecule is C.CC(=O)N1Cc2ccc(Cl)cc2C1.NC(=O)c1nc(N2CCCCC2)sc1Nc1ccccn1. The van der Waals surface area contributed by atoms with Crippen molar-refractivity contribution in [3.8, 4) is 0 Å². The minimum Gasteiger partial charge on any atom is -0.364 e. The fraction of sp³-hybridized carbons (Fsp3) is 0.360. The van der Waals surface area contributed by atoms with Gasteiger partial charge in [-0.05, 0) is 54.7 Å². The van der Waals surface area contributed by atoms with E-state index in [0.29, 0.717) is 17.4 Å². The molecule has 2 aliphatic heterocycles. The number of thiazole rings is 1. The lowest BCUT2D eigenvalue weighted by Crippen LogP contribution is -2.29. The predicted molar refractivity (Wildman–Crippen MR) is 142 cm³/mol. The average molecular weight is 515 g/mol. The van der Waals surface area contributed by atoms with Crippen LogP contribution in [0.25, 0.3) is 0 Å². The average Bonchev–Trinajstić information content (AvgIpc) is 3.45. The normalized spacial score (nSPS) is 14.3. The highest BCUT2D eigenvalue weighted by Crippen LogP contribution is 2.34. The molecule has 0 radical (unpaired) electrons. The van der Waals surface area contributed by atoms with Crippen molar-refractivity contribution in [1.82, 2.24) is 14.9 Å². The van der Waals surface area contributed by atoms with Crippen LogP contribution in [0.4, 0.5) is 16.0 Å². The Morgan fingerprint density at radius 2 is 1.83 bits per heavy atom. The molecule has 0 saturated carbocycles. The first-order valence-electron chi connectivity index (χ1n) is 11.2. The largest absolute Gasteiger partial charge is 0.364 e. The number of carbonyl (C=O) groups is 2. The zero-order valence-corrected chi connectivity index (χ0v) is 20.5. The smallest absolute Gasteiger partial charge is 0.270 e. The number of aromatic nitrogens is 2. The highest BCUT2D eigenvalue weighted by Gasteiger charge is 2.22. The lowest BCUT2D eigenvalue weighted by Gasteiger charge is -2.25. The van der Waals surface area contributed by atoms with E-state index in [0.717, 1.165) is 42.6 Å². The number of halogens is 1. The van der Waals surface area contributed by atoms with Gasteiger partial charge in [0.15, 0.2) is 10.8 Å². The van der Waals surface area contributed by atoms with Crippen molar-refractivity contribution >= 4 is 50.7 Å². The molecule has 0 spiro atoms. The van der Waals surface area contributed by atoms with E-state index in [9.17, 15) is 9.59 Å². The van der Waals surface area contributed by atoms with Crippen LogP contribution in [0.15, 0.2) is 42.6 Å². The number of benzene rings is 1. The second-order valence-electron chi connectivity index (χ2n) is 8.21. The van der Waals surface area contributed by atoms with Crippen molar-refractivity contribution in [2.24, 2.45) is 5.73 Å². The van der Waals surface area contributed by atoms with Gasteiger partial charge in [0.1, 0.15) is 10.8 Å². The summed E-state index contributed by atoms with van der Waals surface area (Å²) in [4.78, 5) is 35.3. The summed E-state index contributed by atoms with van der Waals surface area (Å²) in [5, 5.41) is 5.37. The summed E-state index contributed by atoms with van der Waals surface area (Å²) in [7, 11) is 0. The Hall–Kier alpha value is -3.17. The monoisotopic (exact) mass is 514 g/mol. The van der Waals surface area contributed by atoms with Gasteiger partial charge in [-0.15, -0.1) is 0 Å². The van der Waals surface area contributed by atoms with E-state index in [4.69, 9.17) is 17.3 Å². The summed E-state index contributed by atoms with van der Waals surface area (Å²) in [6.07, 6.45) is 5.27. The number of rotatable bonds is 4. The lowest BCUT2D eigenvalue weighted by molar-refractivity contribution is -0.129. The van der Waals surface area contributed by atoms with Gasteiger partial charge in [0.05, 0.1) is 0 Å². The number of hydrogen-bond donors (Lipinski definition) is 2. The van der Waals surface area contributed by atoms with E-state index < -0.39 is 5.91 Å². The van der Waals surface area contributed by atoms with Crippen LogP contribution in [-0.4, -0.2) is 39.8 Å². The summed E-state index contributed by atoms with van der Waals surface area (Å²) in [5.41, 5.74) is 8.10. The maximum absolute atomic E-state index is 11.6. The van der Waals surface area contributed by atoms with Crippen LogP contribution in [0.1, 0.15) is 55.2 Å². The number of pyridine rings is 1. The Morgan fingerprint density at radius 1 is 1.09 bits per heavy atom. The number of amides is 2. The fourth-order valence-corrected chi connectivity index (χ4v) is 5.14. The number of piperidine rings is 1. The molecule has 2 aliphatic rings. The molecular formula is C25H31ClN6O2S. The van der Waals surface area contributed by atoms with E-state index in [1.54, 1.807) is 18.0 Å². The number of hydrogen-bond acceptors (Lipinski definition) is 7. The number of carbonyl (C=O) groups excluding carboxylic acids is 2. The molecule has 5 rings (SSSR count). The summed E-state index contributed by atoms with van der Waals surface area (Å²) in [6, 6.07) is 11.3. The third-order valence-electron chi connectivity index (χ3n) is 5.72. The van der Waals surface area contributed by atoms with Gasteiger partial charge in [-0.25, -0.2) is 9.97 Å². The molecule has 10 heteroatoms. The number of nitrogens with two attached hydrogens (primary N) is 1. The molecule has 3 aromatic rings. The highest BCUT2D eigenvalue weighted by molar-refractivity contribution is 7.20.